The molecule has 0 bridgehead atoms. The van der Waals surface area contributed by atoms with Crippen molar-refractivity contribution in [1.29, 1.82) is 0 Å². The minimum atomic E-state index is -2.75. The molecule has 0 aliphatic heterocycles. The molecule has 0 radical (unpaired) electrons. The molecule has 0 atom stereocenters. The highest BCUT2D eigenvalue weighted by molar-refractivity contribution is 6.75. The van der Waals surface area contributed by atoms with Crippen molar-refractivity contribution in [3.8, 4) is 0 Å². The zero-order valence-electron chi connectivity index (χ0n) is 10.6. The van der Waals surface area contributed by atoms with Crippen molar-refractivity contribution in [3.63, 3.8) is 0 Å². The molecule has 1 aromatic carbocycles. The van der Waals surface area contributed by atoms with Gasteiger partial charge in [0.05, 0.1) is 5.60 Å². The molecular formula is C12H20O3Si. The van der Waals surface area contributed by atoms with E-state index >= 15 is 0 Å². The van der Waals surface area contributed by atoms with Gasteiger partial charge in [-0.25, -0.2) is 0 Å². The molecule has 0 aromatic heterocycles. The van der Waals surface area contributed by atoms with Crippen LogP contribution in [0.5, 0.6) is 0 Å². The fourth-order valence-electron chi connectivity index (χ4n) is 1.51. The van der Waals surface area contributed by atoms with Gasteiger partial charge in [-0.2, -0.15) is 0 Å². The maximum Gasteiger partial charge on any atom is 0.537 e. The van der Waals surface area contributed by atoms with Gasteiger partial charge in [0.2, 0.25) is 0 Å². The fraction of sp³-hybridized carbons (Fsp3) is 0.500. The van der Waals surface area contributed by atoms with Crippen LogP contribution in [0.2, 0.25) is 0 Å². The summed E-state index contributed by atoms with van der Waals surface area (Å²) in [6, 6.07) is 9.84. The Kier molecular flexibility index (Phi) is 4.26. The third-order valence-corrected chi connectivity index (χ3v) is 5.10. The van der Waals surface area contributed by atoms with Crippen molar-refractivity contribution in [2.75, 3.05) is 14.2 Å². The summed E-state index contributed by atoms with van der Waals surface area (Å²) in [5.74, 6) is 0. The Bertz CT molecular complexity index is 315. The van der Waals surface area contributed by atoms with Crippen LogP contribution in [0.1, 0.15) is 20.8 Å². The zero-order valence-corrected chi connectivity index (χ0v) is 11.6. The largest absolute Gasteiger partial charge is 0.537 e. The number of rotatable bonds is 4. The maximum absolute atomic E-state index is 6.00. The van der Waals surface area contributed by atoms with Gasteiger partial charge in [0.25, 0.3) is 0 Å². The average molecular weight is 240 g/mol. The SMILES string of the molecule is CO[Si](OC)(OC(C)(C)C)c1ccccc1. The number of hydrogen-bond donors (Lipinski definition) is 0. The van der Waals surface area contributed by atoms with Crippen molar-refractivity contribution >= 4 is 14.0 Å². The quantitative estimate of drug-likeness (QED) is 0.753. The standard InChI is InChI=1S/C12H20O3Si/c1-12(2,3)15-16(13-4,14-5)11-9-7-6-8-10-11/h6-10H,1-5H3. The van der Waals surface area contributed by atoms with E-state index in [0.29, 0.717) is 0 Å². The van der Waals surface area contributed by atoms with Crippen LogP contribution in [0.25, 0.3) is 0 Å². The lowest BCUT2D eigenvalue weighted by Crippen LogP contribution is -2.58. The van der Waals surface area contributed by atoms with Gasteiger partial charge in [-0.15, -0.1) is 0 Å². The van der Waals surface area contributed by atoms with Crippen LogP contribution in [-0.2, 0) is 13.3 Å². The first-order chi connectivity index (χ1) is 7.43. The van der Waals surface area contributed by atoms with E-state index in [1.807, 2.05) is 51.1 Å². The highest BCUT2D eigenvalue weighted by atomic mass is 28.4. The molecule has 0 aliphatic rings. The highest BCUT2D eigenvalue weighted by Crippen LogP contribution is 2.18. The molecule has 3 nitrogen and oxygen atoms in total. The van der Waals surface area contributed by atoms with Crippen LogP contribution in [-0.4, -0.2) is 28.6 Å². The third-order valence-electron chi connectivity index (χ3n) is 2.11. The van der Waals surface area contributed by atoms with Crippen molar-refractivity contribution in [3.05, 3.63) is 30.3 Å². The summed E-state index contributed by atoms with van der Waals surface area (Å²) in [4.78, 5) is 0. The molecule has 4 heteroatoms. The average Bonchev–Trinajstić information content (AvgIpc) is 2.26. The van der Waals surface area contributed by atoms with Crippen LogP contribution in [0, 0.1) is 0 Å². The Morgan fingerprint density at radius 3 is 1.81 bits per heavy atom. The Morgan fingerprint density at radius 1 is 0.938 bits per heavy atom. The van der Waals surface area contributed by atoms with E-state index in [4.69, 9.17) is 13.3 Å². The van der Waals surface area contributed by atoms with Gasteiger partial charge in [0.1, 0.15) is 0 Å². The fourth-order valence-corrected chi connectivity index (χ4v) is 3.84. The Hall–Kier alpha value is -0.683. The number of benzene rings is 1. The second-order valence-electron chi connectivity index (χ2n) is 4.54. The van der Waals surface area contributed by atoms with Crippen LogP contribution in [0.4, 0.5) is 0 Å². The van der Waals surface area contributed by atoms with Gasteiger partial charge < -0.3 is 13.3 Å². The van der Waals surface area contributed by atoms with Gasteiger partial charge in [0, 0.05) is 19.4 Å². The first-order valence-corrected chi connectivity index (χ1v) is 7.02. The summed E-state index contributed by atoms with van der Waals surface area (Å²) >= 11 is 0. The lowest BCUT2D eigenvalue weighted by molar-refractivity contribution is 0.0273. The van der Waals surface area contributed by atoms with Crippen LogP contribution >= 0.6 is 0 Å². The van der Waals surface area contributed by atoms with Crippen LogP contribution < -0.4 is 5.19 Å². The molecule has 0 heterocycles. The highest BCUT2D eigenvalue weighted by Gasteiger charge is 2.45. The molecule has 0 fully saturated rings. The van der Waals surface area contributed by atoms with E-state index in [-0.39, 0.29) is 5.60 Å². The van der Waals surface area contributed by atoms with Gasteiger partial charge in [-0.3, -0.25) is 0 Å². The summed E-state index contributed by atoms with van der Waals surface area (Å²) < 4.78 is 17.1. The molecule has 0 aliphatic carbocycles. The lowest BCUT2D eigenvalue weighted by atomic mass is 10.2. The normalized spacial score (nSPS) is 12.8. The van der Waals surface area contributed by atoms with E-state index < -0.39 is 8.80 Å². The molecule has 16 heavy (non-hydrogen) atoms. The lowest BCUT2D eigenvalue weighted by Gasteiger charge is -2.33. The van der Waals surface area contributed by atoms with E-state index in [2.05, 4.69) is 0 Å². The second-order valence-corrected chi connectivity index (χ2v) is 7.26. The van der Waals surface area contributed by atoms with Crippen molar-refractivity contribution < 1.29 is 13.3 Å². The molecule has 0 saturated heterocycles. The summed E-state index contributed by atoms with van der Waals surface area (Å²) in [6.45, 7) is 5.99. The minimum Gasteiger partial charge on any atom is -0.373 e. The second kappa shape index (κ2) is 5.10. The third kappa shape index (κ3) is 3.15. The maximum atomic E-state index is 6.00. The smallest absolute Gasteiger partial charge is 0.373 e. The molecular weight excluding hydrogens is 220 g/mol. The zero-order chi connectivity index (χ0) is 12.2. The van der Waals surface area contributed by atoms with E-state index in [1.54, 1.807) is 14.2 Å². The molecule has 0 amide bonds. The molecule has 0 N–H and O–H groups in total. The molecule has 1 aromatic rings. The van der Waals surface area contributed by atoms with E-state index in [1.165, 1.54) is 0 Å². The van der Waals surface area contributed by atoms with Crippen LogP contribution in [0.3, 0.4) is 0 Å². The van der Waals surface area contributed by atoms with Crippen molar-refractivity contribution in [2.24, 2.45) is 0 Å². The summed E-state index contributed by atoms with van der Waals surface area (Å²) in [6.07, 6.45) is 0. The predicted molar refractivity (Wildman–Crippen MR) is 66.7 cm³/mol. The Labute approximate surface area is 98.7 Å². The van der Waals surface area contributed by atoms with E-state index in [0.717, 1.165) is 5.19 Å². The molecule has 90 valence electrons. The van der Waals surface area contributed by atoms with Gasteiger partial charge in [-0.1, -0.05) is 30.3 Å². The summed E-state index contributed by atoms with van der Waals surface area (Å²) in [5, 5.41) is 0.981. The van der Waals surface area contributed by atoms with Gasteiger partial charge in [-0.05, 0) is 20.8 Å². The first-order valence-electron chi connectivity index (χ1n) is 5.29. The minimum absolute atomic E-state index is 0.298. The monoisotopic (exact) mass is 240 g/mol. The predicted octanol–water partition coefficient (Wildman–Crippen LogP) is 1.94. The molecule has 0 spiro atoms. The van der Waals surface area contributed by atoms with E-state index in [9.17, 15) is 0 Å². The van der Waals surface area contributed by atoms with Crippen molar-refractivity contribution in [1.82, 2.24) is 0 Å². The first kappa shape index (κ1) is 13.4. The van der Waals surface area contributed by atoms with Gasteiger partial charge in [0.15, 0.2) is 0 Å². The van der Waals surface area contributed by atoms with Crippen LogP contribution in [0.15, 0.2) is 30.3 Å². The Balaban J connectivity index is 3.06. The summed E-state index contributed by atoms with van der Waals surface area (Å²) in [7, 11) is 0.512. The topological polar surface area (TPSA) is 27.7 Å². The molecule has 0 saturated carbocycles. The Morgan fingerprint density at radius 2 is 1.44 bits per heavy atom. The van der Waals surface area contributed by atoms with Crippen molar-refractivity contribution in [2.45, 2.75) is 26.4 Å². The summed E-state index contributed by atoms with van der Waals surface area (Å²) in [5.41, 5.74) is -0.298. The van der Waals surface area contributed by atoms with Gasteiger partial charge >= 0.3 is 8.80 Å². The molecule has 1 rings (SSSR count). The number of hydrogen-bond acceptors (Lipinski definition) is 3. The molecule has 0 unspecified atom stereocenters.